The standard InChI is InChI=1S/C16H17N3O2S/c1-16(2)18-15(20)14-11-12(21-9-3-8-19(11)16)13(22-14)10-4-6-17-7-5-10/h4-7H,3,8-9H2,1-2H3,(H,18,20). The summed E-state index contributed by atoms with van der Waals surface area (Å²) in [5.41, 5.74) is 1.59. The van der Waals surface area contributed by atoms with Gasteiger partial charge < -0.3 is 15.0 Å². The number of aromatic nitrogens is 1. The van der Waals surface area contributed by atoms with Gasteiger partial charge in [-0.3, -0.25) is 9.78 Å². The summed E-state index contributed by atoms with van der Waals surface area (Å²) in [4.78, 5) is 20.6. The molecule has 0 saturated heterocycles. The van der Waals surface area contributed by atoms with E-state index in [0.29, 0.717) is 6.61 Å². The Morgan fingerprint density at radius 3 is 2.86 bits per heavy atom. The zero-order valence-corrected chi connectivity index (χ0v) is 13.4. The number of anilines is 1. The van der Waals surface area contributed by atoms with E-state index in [4.69, 9.17) is 4.74 Å². The van der Waals surface area contributed by atoms with Crippen LogP contribution < -0.4 is 15.0 Å². The second-order valence-corrected chi connectivity index (χ2v) is 7.06. The summed E-state index contributed by atoms with van der Waals surface area (Å²) in [5.74, 6) is 0.819. The number of thiophene rings is 1. The summed E-state index contributed by atoms with van der Waals surface area (Å²) in [5, 5.41) is 3.10. The van der Waals surface area contributed by atoms with Crippen LogP contribution in [0.1, 0.15) is 29.9 Å². The zero-order chi connectivity index (χ0) is 15.3. The molecule has 2 aromatic rings. The van der Waals surface area contributed by atoms with Gasteiger partial charge in [-0.1, -0.05) is 0 Å². The molecule has 2 aliphatic rings. The van der Waals surface area contributed by atoms with Crippen molar-refractivity contribution in [3.05, 3.63) is 29.4 Å². The lowest BCUT2D eigenvalue weighted by Crippen LogP contribution is -2.60. The molecule has 5 nitrogen and oxygen atoms in total. The lowest BCUT2D eigenvalue weighted by molar-refractivity contribution is 0.0903. The van der Waals surface area contributed by atoms with Gasteiger partial charge in [-0.25, -0.2) is 0 Å². The first-order valence-electron chi connectivity index (χ1n) is 7.38. The number of carbonyl (C=O) groups is 1. The summed E-state index contributed by atoms with van der Waals surface area (Å²) in [6, 6.07) is 3.91. The molecule has 0 bridgehead atoms. The normalized spacial score (nSPS) is 19.0. The molecule has 2 aliphatic heterocycles. The van der Waals surface area contributed by atoms with Gasteiger partial charge in [0.15, 0.2) is 5.75 Å². The highest BCUT2D eigenvalue weighted by molar-refractivity contribution is 7.18. The third-order valence-corrected chi connectivity index (χ3v) is 5.33. The Balaban J connectivity index is 1.96. The largest absolute Gasteiger partial charge is 0.490 e. The van der Waals surface area contributed by atoms with Crippen molar-refractivity contribution in [3.63, 3.8) is 0 Å². The number of pyridine rings is 1. The fourth-order valence-corrected chi connectivity index (χ4v) is 4.25. The molecule has 2 aromatic heterocycles. The lowest BCUT2D eigenvalue weighted by atomic mass is 10.1. The number of hydrogen-bond acceptors (Lipinski definition) is 5. The van der Waals surface area contributed by atoms with Crippen LogP contribution >= 0.6 is 11.3 Å². The van der Waals surface area contributed by atoms with Crippen LogP contribution in [-0.2, 0) is 0 Å². The summed E-state index contributed by atoms with van der Waals surface area (Å²) in [7, 11) is 0. The number of nitrogens with zero attached hydrogens (tertiary/aromatic N) is 2. The second kappa shape index (κ2) is 4.71. The maximum absolute atomic E-state index is 12.5. The minimum atomic E-state index is -0.400. The molecule has 4 rings (SSSR count). The van der Waals surface area contributed by atoms with Crippen LogP contribution in [0.5, 0.6) is 5.75 Å². The fourth-order valence-electron chi connectivity index (χ4n) is 3.10. The Hall–Kier alpha value is -2.08. The van der Waals surface area contributed by atoms with E-state index in [1.54, 1.807) is 12.4 Å². The van der Waals surface area contributed by atoms with Gasteiger partial charge >= 0.3 is 0 Å². The Kier molecular flexibility index (Phi) is 2.91. The minimum absolute atomic E-state index is 0.0201. The van der Waals surface area contributed by atoms with Crippen LogP contribution in [0, 0.1) is 0 Å². The second-order valence-electron chi connectivity index (χ2n) is 6.04. The first kappa shape index (κ1) is 13.6. The van der Waals surface area contributed by atoms with E-state index in [2.05, 4.69) is 15.2 Å². The summed E-state index contributed by atoms with van der Waals surface area (Å²) >= 11 is 1.49. The molecule has 0 saturated carbocycles. The van der Waals surface area contributed by atoms with Crippen molar-refractivity contribution in [2.75, 3.05) is 18.1 Å². The lowest BCUT2D eigenvalue weighted by Gasteiger charge is -2.43. The van der Waals surface area contributed by atoms with Gasteiger partial charge in [-0.2, -0.15) is 0 Å². The SMILES string of the molecule is CC1(C)NC(=O)c2sc(-c3ccncc3)c3c2N1CCCO3. The first-order valence-corrected chi connectivity index (χ1v) is 8.20. The van der Waals surface area contributed by atoms with E-state index in [1.165, 1.54) is 11.3 Å². The molecule has 1 N–H and O–H groups in total. The molecule has 0 radical (unpaired) electrons. The van der Waals surface area contributed by atoms with Crippen molar-refractivity contribution in [1.82, 2.24) is 10.3 Å². The highest BCUT2D eigenvalue weighted by Crippen LogP contribution is 2.51. The van der Waals surface area contributed by atoms with Crippen LogP contribution in [0.15, 0.2) is 24.5 Å². The van der Waals surface area contributed by atoms with Gasteiger partial charge in [0.25, 0.3) is 5.91 Å². The number of ether oxygens (including phenoxy) is 1. The third-order valence-electron chi connectivity index (χ3n) is 4.13. The Labute approximate surface area is 132 Å². The van der Waals surface area contributed by atoms with Gasteiger partial charge in [-0.15, -0.1) is 11.3 Å². The molecule has 6 heteroatoms. The Morgan fingerprint density at radius 2 is 2.09 bits per heavy atom. The Morgan fingerprint density at radius 1 is 1.32 bits per heavy atom. The van der Waals surface area contributed by atoms with Crippen LogP contribution in [0.25, 0.3) is 10.4 Å². The number of hydrogen-bond donors (Lipinski definition) is 1. The fraction of sp³-hybridized carbons (Fsp3) is 0.375. The van der Waals surface area contributed by atoms with Crippen molar-refractivity contribution in [1.29, 1.82) is 0 Å². The Bertz CT molecular complexity index is 739. The molecule has 4 heterocycles. The quantitative estimate of drug-likeness (QED) is 0.879. The predicted molar refractivity (Wildman–Crippen MR) is 86.6 cm³/mol. The molecule has 0 unspecified atom stereocenters. The maximum atomic E-state index is 12.5. The van der Waals surface area contributed by atoms with Crippen LogP contribution in [0.3, 0.4) is 0 Å². The van der Waals surface area contributed by atoms with Gasteiger partial charge in [0.1, 0.15) is 16.2 Å². The molecule has 1 amide bonds. The van der Waals surface area contributed by atoms with Gasteiger partial charge in [0.2, 0.25) is 0 Å². The van der Waals surface area contributed by atoms with Crippen LogP contribution in [0.2, 0.25) is 0 Å². The van der Waals surface area contributed by atoms with E-state index >= 15 is 0 Å². The third kappa shape index (κ3) is 1.90. The highest BCUT2D eigenvalue weighted by Gasteiger charge is 2.42. The molecule has 0 atom stereocenters. The monoisotopic (exact) mass is 315 g/mol. The van der Waals surface area contributed by atoms with Crippen molar-refractivity contribution in [2.24, 2.45) is 0 Å². The van der Waals surface area contributed by atoms with Crippen LogP contribution in [0.4, 0.5) is 5.69 Å². The predicted octanol–water partition coefficient (Wildman–Crippen LogP) is 2.88. The molecule has 114 valence electrons. The van der Waals surface area contributed by atoms with Crippen molar-refractivity contribution in [2.45, 2.75) is 25.9 Å². The number of carbonyl (C=O) groups excluding carboxylic acids is 1. The number of nitrogens with one attached hydrogen (secondary N) is 1. The minimum Gasteiger partial charge on any atom is -0.490 e. The van der Waals surface area contributed by atoms with E-state index in [9.17, 15) is 4.79 Å². The van der Waals surface area contributed by atoms with E-state index in [0.717, 1.165) is 39.7 Å². The molecule has 0 fully saturated rings. The molecule has 22 heavy (non-hydrogen) atoms. The number of amides is 1. The van der Waals surface area contributed by atoms with Crippen molar-refractivity contribution >= 4 is 22.9 Å². The van der Waals surface area contributed by atoms with E-state index in [-0.39, 0.29) is 5.91 Å². The van der Waals surface area contributed by atoms with Gasteiger partial charge in [-0.05, 0) is 38.0 Å². The summed E-state index contributed by atoms with van der Waals surface area (Å²) < 4.78 is 6.03. The van der Waals surface area contributed by atoms with E-state index < -0.39 is 5.66 Å². The van der Waals surface area contributed by atoms with Gasteiger partial charge in [0, 0.05) is 18.9 Å². The topological polar surface area (TPSA) is 54.5 Å². The first-order chi connectivity index (χ1) is 10.6. The summed E-state index contributed by atoms with van der Waals surface area (Å²) in [6.07, 6.45) is 4.46. The van der Waals surface area contributed by atoms with E-state index in [1.807, 2.05) is 26.0 Å². The highest BCUT2D eigenvalue weighted by atomic mass is 32.1. The number of rotatable bonds is 1. The van der Waals surface area contributed by atoms with Gasteiger partial charge in [0.05, 0.1) is 11.5 Å². The smallest absolute Gasteiger partial charge is 0.265 e. The van der Waals surface area contributed by atoms with Crippen molar-refractivity contribution in [3.8, 4) is 16.2 Å². The maximum Gasteiger partial charge on any atom is 0.265 e. The molecule has 0 aliphatic carbocycles. The zero-order valence-electron chi connectivity index (χ0n) is 12.5. The average molecular weight is 315 g/mol. The molecule has 0 aromatic carbocycles. The molecular weight excluding hydrogens is 298 g/mol. The van der Waals surface area contributed by atoms with Crippen LogP contribution in [-0.4, -0.2) is 29.7 Å². The summed E-state index contributed by atoms with van der Waals surface area (Å²) in [6.45, 7) is 5.61. The molecular formula is C16H17N3O2S. The van der Waals surface area contributed by atoms with Crippen molar-refractivity contribution < 1.29 is 9.53 Å². The average Bonchev–Trinajstić information content (AvgIpc) is 2.72. The molecule has 0 spiro atoms.